The summed E-state index contributed by atoms with van der Waals surface area (Å²) in [6.45, 7) is 6.12. The van der Waals surface area contributed by atoms with Gasteiger partial charge in [-0.3, -0.25) is 0 Å². The Hall–Kier alpha value is -1.36. The molecule has 0 aliphatic heterocycles. The maximum atomic E-state index is 4.52. The van der Waals surface area contributed by atoms with Crippen LogP contribution in [-0.4, -0.2) is 23.1 Å². The predicted octanol–water partition coefficient (Wildman–Crippen LogP) is 3.34. The van der Waals surface area contributed by atoms with Crippen LogP contribution in [0.4, 0.5) is 11.8 Å². The second-order valence-electron chi connectivity index (χ2n) is 3.92. The summed E-state index contributed by atoms with van der Waals surface area (Å²) in [5.74, 6) is 1.66. The van der Waals surface area contributed by atoms with Crippen LogP contribution in [0.25, 0.3) is 10.9 Å². The van der Waals surface area contributed by atoms with Gasteiger partial charge in [0.2, 0.25) is 5.95 Å². The molecule has 2 heterocycles. The lowest BCUT2D eigenvalue weighted by molar-refractivity contribution is 0.947. The highest BCUT2D eigenvalue weighted by molar-refractivity contribution is 7.09. The van der Waals surface area contributed by atoms with Crippen molar-refractivity contribution in [3.8, 4) is 0 Å². The third-order valence-electron chi connectivity index (χ3n) is 2.42. The summed E-state index contributed by atoms with van der Waals surface area (Å²) in [5, 5.41) is 11.9. The Kier molecular flexibility index (Phi) is 4.14. The molecule has 0 fully saturated rings. The molecule has 2 aromatic heterocycles. The summed E-state index contributed by atoms with van der Waals surface area (Å²) < 4.78 is 0. The van der Waals surface area contributed by atoms with Gasteiger partial charge in [0.25, 0.3) is 0 Å². The van der Waals surface area contributed by atoms with Crippen molar-refractivity contribution < 1.29 is 0 Å². The van der Waals surface area contributed by atoms with Gasteiger partial charge in [0, 0.05) is 23.8 Å². The Morgan fingerprint density at radius 1 is 1.06 bits per heavy atom. The van der Waals surface area contributed by atoms with Gasteiger partial charge >= 0.3 is 0 Å². The molecule has 2 rings (SSSR count). The highest BCUT2D eigenvalue weighted by Gasteiger charge is 2.07. The molecule has 2 aromatic rings. The van der Waals surface area contributed by atoms with E-state index >= 15 is 0 Å². The molecule has 4 nitrogen and oxygen atoms in total. The number of hydrogen-bond acceptors (Lipinski definition) is 5. The molecule has 0 saturated carbocycles. The number of anilines is 2. The van der Waals surface area contributed by atoms with Gasteiger partial charge in [0.15, 0.2) is 0 Å². The molecular formula is C12H18N4S. The number of aromatic nitrogens is 2. The third-order valence-corrected chi connectivity index (χ3v) is 3.15. The van der Waals surface area contributed by atoms with Gasteiger partial charge in [-0.1, -0.05) is 13.8 Å². The first-order valence-corrected chi connectivity index (χ1v) is 7.01. The van der Waals surface area contributed by atoms with E-state index in [0.29, 0.717) is 0 Å². The van der Waals surface area contributed by atoms with E-state index in [-0.39, 0.29) is 0 Å². The van der Waals surface area contributed by atoms with Crippen LogP contribution >= 0.6 is 11.3 Å². The molecule has 0 amide bonds. The van der Waals surface area contributed by atoms with Crippen molar-refractivity contribution in [2.75, 3.05) is 23.7 Å². The SMILES string of the molecule is CCCNc1nc(NCCC)c2cscc2n1. The van der Waals surface area contributed by atoms with Crippen molar-refractivity contribution in [3.63, 3.8) is 0 Å². The Bertz CT molecular complexity index is 480. The predicted molar refractivity (Wildman–Crippen MR) is 75.0 cm³/mol. The number of thiophene rings is 1. The zero-order valence-corrected chi connectivity index (χ0v) is 11.1. The first kappa shape index (κ1) is 12.1. The zero-order chi connectivity index (χ0) is 12.1. The van der Waals surface area contributed by atoms with Crippen LogP contribution in [0.15, 0.2) is 10.8 Å². The monoisotopic (exact) mass is 250 g/mol. The zero-order valence-electron chi connectivity index (χ0n) is 10.3. The standard InChI is InChI=1S/C12H18N4S/c1-3-5-13-11-9-7-17-8-10(9)15-12(16-11)14-6-4-2/h7-8H,3-6H2,1-2H3,(H2,13,14,15,16). The Morgan fingerprint density at radius 2 is 1.82 bits per heavy atom. The summed E-state index contributed by atoms with van der Waals surface area (Å²) in [7, 11) is 0. The number of nitrogens with zero attached hydrogens (tertiary/aromatic N) is 2. The Balaban J connectivity index is 2.29. The lowest BCUT2D eigenvalue weighted by Gasteiger charge is -2.08. The normalized spacial score (nSPS) is 10.7. The first-order chi connectivity index (χ1) is 8.35. The minimum absolute atomic E-state index is 0.719. The van der Waals surface area contributed by atoms with Crippen LogP contribution in [0.5, 0.6) is 0 Å². The average molecular weight is 250 g/mol. The van der Waals surface area contributed by atoms with E-state index in [1.54, 1.807) is 11.3 Å². The van der Waals surface area contributed by atoms with Gasteiger partial charge in [-0.2, -0.15) is 4.98 Å². The minimum Gasteiger partial charge on any atom is -0.369 e. The van der Waals surface area contributed by atoms with Crippen molar-refractivity contribution in [3.05, 3.63) is 10.8 Å². The first-order valence-electron chi connectivity index (χ1n) is 6.06. The molecule has 0 atom stereocenters. The number of rotatable bonds is 6. The second kappa shape index (κ2) is 5.82. The Morgan fingerprint density at radius 3 is 2.59 bits per heavy atom. The number of nitrogens with one attached hydrogen (secondary N) is 2. The Labute approximate surface area is 105 Å². The fourth-order valence-electron chi connectivity index (χ4n) is 1.55. The molecule has 0 saturated heterocycles. The highest BCUT2D eigenvalue weighted by atomic mass is 32.1. The van der Waals surface area contributed by atoms with Crippen molar-refractivity contribution in [2.45, 2.75) is 26.7 Å². The van der Waals surface area contributed by atoms with Crippen molar-refractivity contribution in [2.24, 2.45) is 0 Å². The lowest BCUT2D eigenvalue weighted by Crippen LogP contribution is -2.08. The lowest BCUT2D eigenvalue weighted by atomic mass is 10.3. The molecule has 0 spiro atoms. The summed E-state index contributed by atoms with van der Waals surface area (Å²) in [4.78, 5) is 9.01. The van der Waals surface area contributed by atoms with Crippen LogP contribution in [-0.2, 0) is 0 Å². The molecule has 92 valence electrons. The van der Waals surface area contributed by atoms with E-state index in [9.17, 15) is 0 Å². The van der Waals surface area contributed by atoms with Crippen LogP contribution in [0.2, 0.25) is 0 Å². The van der Waals surface area contributed by atoms with Crippen LogP contribution in [0.1, 0.15) is 26.7 Å². The summed E-state index contributed by atoms with van der Waals surface area (Å²) >= 11 is 1.66. The maximum absolute atomic E-state index is 4.52. The third kappa shape index (κ3) is 2.85. The van der Waals surface area contributed by atoms with Crippen LogP contribution in [0, 0.1) is 0 Å². The number of hydrogen-bond donors (Lipinski definition) is 2. The molecule has 0 radical (unpaired) electrons. The molecule has 17 heavy (non-hydrogen) atoms. The summed E-state index contributed by atoms with van der Waals surface area (Å²) in [5.41, 5.74) is 1.02. The molecule has 0 unspecified atom stereocenters. The molecule has 0 bridgehead atoms. The van der Waals surface area contributed by atoms with E-state index in [0.717, 1.165) is 48.6 Å². The van der Waals surface area contributed by atoms with Gasteiger partial charge in [-0.25, -0.2) is 4.98 Å². The van der Waals surface area contributed by atoms with Gasteiger partial charge < -0.3 is 10.6 Å². The second-order valence-corrected chi connectivity index (χ2v) is 4.66. The summed E-state index contributed by atoms with van der Waals surface area (Å²) in [6.07, 6.45) is 2.16. The minimum atomic E-state index is 0.719. The van der Waals surface area contributed by atoms with E-state index in [4.69, 9.17) is 0 Å². The van der Waals surface area contributed by atoms with E-state index in [2.05, 4.69) is 45.2 Å². The van der Waals surface area contributed by atoms with Crippen molar-refractivity contribution in [1.29, 1.82) is 0 Å². The smallest absolute Gasteiger partial charge is 0.225 e. The molecule has 0 aliphatic carbocycles. The van der Waals surface area contributed by atoms with Crippen molar-refractivity contribution in [1.82, 2.24) is 9.97 Å². The van der Waals surface area contributed by atoms with Gasteiger partial charge in [-0.15, -0.1) is 11.3 Å². The molecule has 0 aromatic carbocycles. The molecule has 2 N–H and O–H groups in total. The van der Waals surface area contributed by atoms with Gasteiger partial charge in [-0.05, 0) is 12.8 Å². The fraction of sp³-hybridized carbons (Fsp3) is 0.500. The van der Waals surface area contributed by atoms with E-state index in [1.807, 2.05) is 0 Å². The van der Waals surface area contributed by atoms with Crippen molar-refractivity contribution >= 4 is 34.0 Å². The molecule has 0 aliphatic rings. The fourth-order valence-corrected chi connectivity index (χ4v) is 2.30. The largest absolute Gasteiger partial charge is 0.369 e. The van der Waals surface area contributed by atoms with Crippen LogP contribution in [0.3, 0.4) is 0 Å². The summed E-state index contributed by atoms with van der Waals surface area (Å²) in [6, 6.07) is 0. The quantitative estimate of drug-likeness (QED) is 0.825. The topological polar surface area (TPSA) is 49.8 Å². The van der Waals surface area contributed by atoms with E-state index < -0.39 is 0 Å². The molecule has 5 heteroatoms. The molecular weight excluding hydrogens is 232 g/mol. The van der Waals surface area contributed by atoms with Crippen LogP contribution < -0.4 is 10.6 Å². The number of fused-ring (bicyclic) bond motifs is 1. The van der Waals surface area contributed by atoms with Gasteiger partial charge in [0.05, 0.1) is 10.9 Å². The van der Waals surface area contributed by atoms with Gasteiger partial charge in [0.1, 0.15) is 5.82 Å². The van der Waals surface area contributed by atoms with E-state index in [1.165, 1.54) is 0 Å². The maximum Gasteiger partial charge on any atom is 0.225 e. The average Bonchev–Trinajstić information content (AvgIpc) is 2.81. The highest BCUT2D eigenvalue weighted by Crippen LogP contribution is 2.25.